The third kappa shape index (κ3) is 6.97. The van der Waals surface area contributed by atoms with Gasteiger partial charge in [0.25, 0.3) is 0 Å². The van der Waals surface area contributed by atoms with E-state index in [9.17, 15) is 14.4 Å². The van der Waals surface area contributed by atoms with Crippen molar-refractivity contribution in [3.05, 3.63) is 59.3 Å². The zero-order chi connectivity index (χ0) is 34.4. The quantitative estimate of drug-likeness (QED) is 0.300. The van der Waals surface area contributed by atoms with E-state index in [-0.39, 0.29) is 37.3 Å². The SMILES string of the molecule is COC(=O)[C@]12C[C@H](CC(=O)NCc3ccc(OC)c(OC)c3)C(=O)N(CCc3ccc(OC)c(OC)c3)C1=C[C@H](C1CCCC1)O[C@@H]2C. The maximum atomic E-state index is 14.4. The van der Waals surface area contributed by atoms with Crippen LogP contribution in [0.3, 0.4) is 0 Å². The van der Waals surface area contributed by atoms with E-state index in [4.69, 9.17) is 28.4 Å². The van der Waals surface area contributed by atoms with E-state index in [2.05, 4.69) is 5.32 Å². The molecule has 0 bridgehead atoms. The molecule has 0 radical (unpaired) electrons. The molecule has 48 heavy (non-hydrogen) atoms. The average Bonchev–Trinajstić information content (AvgIpc) is 3.65. The number of esters is 1. The van der Waals surface area contributed by atoms with E-state index in [1.807, 2.05) is 37.3 Å². The van der Waals surface area contributed by atoms with Gasteiger partial charge in [-0.2, -0.15) is 0 Å². The molecule has 0 aromatic heterocycles. The molecule has 1 saturated heterocycles. The second-order valence-corrected chi connectivity index (χ2v) is 12.8. The van der Waals surface area contributed by atoms with Gasteiger partial charge in [-0.1, -0.05) is 25.0 Å². The predicted octanol–water partition coefficient (Wildman–Crippen LogP) is 4.84. The molecule has 11 nitrogen and oxygen atoms in total. The summed E-state index contributed by atoms with van der Waals surface area (Å²) in [5.41, 5.74) is 1.13. The summed E-state index contributed by atoms with van der Waals surface area (Å²) in [6.07, 6.45) is 6.05. The number of rotatable bonds is 13. The van der Waals surface area contributed by atoms with E-state index in [0.29, 0.717) is 47.6 Å². The molecule has 0 spiro atoms. The number of benzene rings is 2. The number of hydrogen-bond acceptors (Lipinski definition) is 9. The number of carbonyl (C=O) groups is 3. The number of likely N-dealkylation sites (tertiary alicyclic amines) is 1. The van der Waals surface area contributed by atoms with Gasteiger partial charge in [0.05, 0.1) is 47.8 Å². The normalized spacial score (nSPS) is 24.0. The molecule has 4 atom stereocenters. The molecular weight excluding hydrogens is 616 g/mol. The van der Waals surface area contributed by atoms with Crippen LogP contribution >= 0.6 is 0 Å². The van der Waals surface area contributed by atoms with Crippen molar-refractivity contribution in [2.24, 2.45) is 17.3 Å². The Morgan fingerprint density at radius 2 is 1.50 bits per heavy atom. The van der Waals surface area contributed by atoms with Gasteiger partial charge in [-0.05, 0) is 80.0 Å². The highest BCUT2D eigenvalue weighted by molar-refractivity contribution is 5.92. The Hall–Kier alpha value is -4.25. The van der Waals surface area contributed by atoms with Crippen molar-refractivity contribution in [1.29, 1.82) is 0 Å². The number of methoxy groups -OCH3 is 5. The lowest BCUT2D eigenvalue weighted by molar-refractivity contribution is -0.177. The van der Waals surface area contributed by atoms with Crippen LogP contribution < -0.4 is 24.3 Å². The first kappa shape index (κ1) is 35.1. The van der Waals surface area contributed by atoms with Gasteiger partial charge >= 0.3 is 5.97 Å². The molecule has 2 aromatic rings. The van der Waals surface area contributed by atoms with E-state index in [1.54, 1.807) is 45.5 Å². The molecule has 0 unspecified atom stereocenters. The van der Waals surface area contributed by atoms with Crippen LogP contribution in [0.25, 0.3) is 0 Å². The van der Waals surface area contributed by atoms with E-state index in [0.717, 1.165) is 36.8 Å². The number of amides is 2. The maximum absolute atomic E-state index is 14.4. The lowest BCUT2D eigenvalue weighted by Crippen LogP contribution is -2.61. The molecule has 3 aliphatic rings. The third-order valence-corrected chi connectivity index (χ3v) is 10.2. The Labute approximate surface area is 282 Å². The van der Waals surface area contributed by atoms with Crippen molar-refractivity contribution >= 4 is 17.8 Å². The lowest BCUT2D eigenvalue weighted by atomic mass is 9.66. The Balaban J connectivity index is 1.44. The van der Waals surface area contributed by atoms with Crippen LogP contribution in [0.5, 0.6) is 23.0 Å². The van der Waals surface area contributed by atoms with E-state index in [1.165, 1.54) is 7.11 Å². The van der Waals surface area contributed by atoms with Crippen LogP contribution in [0.15, 0.2) is 48.2 Å². The molecule has 2 amide bonds. The molecule has 2 heterocycles. The zero-order valence-corrected chi connectivity index (χ0v) is 28.8. The smallest absolute Gasteiger partial charge is 0.320 e. The van der Waals surface area contributed by atoms with Crippen molar-refractivity contribution < 1.29 is 42.8 Å². The van der Waals surface area contributed by atoms with Gasteiger partial charge in [0.2, 0.25) is 11.8 Å². The maximum Gasteiger partial charge on any atom is 0.320 e. The lowest BCUT2D eigenvalue weighted by Gasteiger charge is -2.52. The summed E-state index contributed by atoms with van der Waals surface area (Å²) >= 11 is 0. The molecule has 1 saturated carbocycles. The van der Waals surface area contributed by atoms with Gasteiger partial charge < -0.3 is 38.6 Å². The summed E-state index contributed by atoms with van der Waals surface area (Å²) in [5.74, 6) is 0.927. The summed E-state index contributed by atoms with van der Waals surface area (Å²) in [5, 5.41) is 2.94. The summed E-state index contributed by atoms with van der Waals surface area (Å²) < 4.78 is 33.7. The average molecular weight is 665 g/mol. The van der Waals surface area contributed by atoms with Crippen LogP contribution in [0.4, 0.5) is 0 Å². The fourth-order valence-electron chi connectivity index (χ4n) is 7.54. The van der Waals surface area contributed by atoms with Crippen LogP contribution in [-0.2, 0) is 36.8 Å². The van der Waals surface area contributed by atoms with Crippen LogP contribution in [0, 0.1) is 17.3 Å². The number of piperidine rings is 1. The number of nitrogens with zero attached hydrogens (tertiary/aromatic N) is 1. The van der Waals surface area contributed by atoms with Gasteiger partial charge in [-0.15, -0.1) is 0 Å². The van der Waals surface area contributed by atoms with Crippen molar-refractivity contribution in [2.75, 3.05) is 42.1 Å². The topological polar surface area (TPSA) is 122 Å². The van der Waals surface area contributed by atoms with E-state index < -0.39 is 23.4 Å². The Morgan fingerprint density at radius 1 is 0.896 bits per heavy atom. The first-order valence-corrected chi connectivity index (χ1v) is 16.6. The third-order valence-electron chi connectivity index (χ3n) is 10.2. The van der Waals surface area contributed by atoms with Gasteiger partial charge in [-0.3, -0.25) is 14.4 Å². The van der Waals surface area contributed by atoms with Crippen LogP contribution in [0.2, 0.25) is 0 Å². The van der Waals surface area contributed by atoms with Crippen molar-refractivity contribution in [1.82, 2.24) is 10.2 Å². The van der Waals surface area contributed by atoms with Gasteiger partial charge in [0.15, 0.2) is 23.0 Å². The van der Waals surface area contributed by atoms with Crippen molar-refractivity contribution in [2.45, 2.75) is 70.6 Å². The Kier molecular flexibility index (Phi) is 11.2. The number of fused-ring (bicyclic) bond motifs is 1. The minimum Gasteiger partial charge on any atom is -0.493 e. The monoisotopic (exact) mass is 664 g/mol. The second-order valence-electron chi connectivity index (χ2n) is 12.8. The Morgan fingerprint density at radius 3 is 2.10 bits per heavy atom. The van der Waals surface area contributed by atoms with Crippen molar-refractivity contribution in [3.63, 3.8) is 0 Å². The van der Waals surface area contributed by atoms with Gasteiger partial charge in [-0.25, -0.2) is 0 Å². The molecule has 2 fully saturated rings. The minimum absolute atomic E-state index is 0.0935. The second kappa shape index (κ2) is 15.3. The number of nitrogens with one attached hydrogen (secondary N) is 1. The molecule has 1 N–H and O–H groups in total. The van der Waals surface area contributed by atoms with Crippen LogP contribution in [0.1, 0.15) is 56.6 Å². The van der Waals surface area contributed by atoms with Crippen molar-refractivity contribution in [3.8, 4) is 23.0 Å². The largest absolute Gasteiger partial charge is 0.493 e. The van der Waals surface area contributed by atoms with E-state index >= 15 is 0 Å². The molecule has 2 aromatic carbocycles. The number of carbonyl (C=O) groups excluding carboxylic acids is 3. The fourth-order valence-corrected chi connectivity index (χ4v) is 7.54. The zero-order valence-electron chi connectivity index (χ0n) is 28.8. The molecule has 260 valence electrons. The molecule has 2 aliphatic heterocycles. The van der Waals surface area contributed by atoms with Gasteiger partial charge in [0, 0.05) is 31.1 Å². The number of hydrogen-bond donors (Lipinski definition) is 1. The first-order valence-electron chi connectivity index (χ1n) is 16.6. The summed E-state index contributed by atoms with van der Waals surface area (Å²) in [6, 6.07) is 11.1. The first-order chi connectivity index (χ1) is 23.2. The minimum atomic E-state index is -1.25. The number of ether oxygens (including phenoxy) is 6. The highest BCUT2D eigenvalue weighted by Gasteiger charge is 2.60. The predicted molar refractivity (Wildman–Crippen MR) is 178 cm³/mol. The molecule has 5 rings (SSSR count). The molecular formula is C37H48N2O9. The highest BCUT2D eigenvalue weighted by Crippen LogP contribution is 2.52. The van der Waals surface area contributed by atoms with Gasteiger partial charge in [0.1, 0.15) is 5.41 Å². The summed E-state index contributed by atoms with van der Waals surface area (Å²) in [7, 11) is 7.64. The summed E-state index contributed by atoms with van der Waals surface area (Å²) in [6.45, 7) is 2.42. The molecule has 11 heteroatoms. The Bertz CT molecular complexity index is 1520. The standard InChI is InChI=1S/C37H48N2O9/c1-23-37(36(42)47-6)21-27(19-34(40)38-22-25-12-14-29(44-3)32(18-25)46-5)35(41)39(33(37)20-30(48-23)26-9-7-8-10-26)16-15-24-11-13-28(43-2)31(17-24)45-4/h11-14,17-18,20,23,26-27,30H,7-10,15-16,19,21-22H2,1-6H3,(H,38,40)/t23-,27+,30-,37+/m1/s1. The highest BCUT2D eigenvalue weighted by atomic mass is 16.5. The van der Waals surface area contributed by atoms with Crippen LogP contribution in [-0.4, -0.2) is 77.0 Å². The fraction of sp³-hybridized carbons (Fsp3) is 0.541. The summed E-state index contributed by atoms with van der Waals surface area (Å²) in [4.78, 5) is 43.4. The molecule has 1 aliphatic carbocycles.